The van der Waals surface area contributed by atoms with Crippen LogP contribution in [0.3, 0.4) is 0 Å². The van der Waals surface area contributed by atoms with E-state index in [9.17, 15) is 9.59 Å². The minimum Gasteiger partial charge on any atom is -0.481 e. The Kier molecular flexibility index (Phi) is 5.10. The van der Waals surface area contributed by atoms with Crippen molar-refractivity contribution in [3.8, 4) is 0 Å². The molecule has 1 unspecified atom stereocenters. The summed E-state index contributed by atoms with van der Waals surface area (Å²) in [7, 11) is 1.30. The molecule has 1 aromatic rings. The van der Waals surface area contributed by atoms with Gasteiger partial charge in [0.2, 0.25) is 0 Å². The van der Waals surface area contributed by atoms with Gasteiger partial charge in [-0.15, -0.1) is 0 Å². The van der Waals surface area contributed by atoms with Crippen LogP contribution in [0.1, 0.15) is 30.1 Å². The van der Waals surface area contributed by atoms with E-state index in [1.54, 1.807) is 0 Å². The van der Waals surface area contributed by atoms with Gasteiger partial charge in [-0.05, 0) is 18.6 Å². The van der Waals surface area contributed by atoms with Crippen molar-refractivity contribution in [2.45, 2.75) is 25.8 Å². The van der Waals surface area contributed by atoms with Gasteiger partial charge < -0.3 is 15.2 Å². The van der Waals surface area contributed by atoms with Gasteiger partial charge in [-0.2, -0.15) is 0 Å². The molecule has 0 saturated carbocycles. The number of rotatable bonds is 6. The second-order valence-electron chi connectivity index (χ2n) is 3.77. The summed E-state index contributed by atoms with van der Waals surface area (Å²) in [6.45, 7) is 1.88. The number of aliphatic carboxylic acids is 1. The number of pyridine rings is 1. The lowest BCUT2D eigenvalue weighted by Crippen LogP contribution is -2.23. The van der Waals surface area contributed by atoms with Crippen LogP contribution in [0, 0.1) is 0 Å². The molecular formula is C12H16N2O4. The Morgan fingerprint density at radius 3 is 2.83 bits per heavy atom. The Bertz CT molecular complexity index is 434. The van der Waals surface area contributed by atoms with Gasteiger partial charge in [0.25, 0.3) is 0 Å². The molecule has 1 aromatic heterocycles. The Hall–Kier alpha value is -2.11. The predicted octanol–water partition coefficient (Wildman–Crippen LogP) is 1.53. The molecule has 2 N–H and O–H groups in total. The SMILES string of the molecule is CCC(CC(=O)O)Nc1cc(C(=O)OC)ccn1. The third kappa shape index (κ3) is 4.04. The number of methoxy groups -OCH3 is 1. The number of carboxylic acid groups (broad SMARTS) is 1. The van der Waals surface area contributed by atoms with Gasteiger partial charge >= 0.3 is 11.9 Å². The highest BCUT2D eigenvalue weighted by atomic mass is 16.5. The summed E-state index contributed by atoms with van der Waals surface area (Å²) in [6, 6.07) is 2.86. The standard InChI is InChI=1S/C12H16N2O4/c1-3-9(7-11(15)16)14-10-6-8(4-5-13-10)12(17)18-2/h4-6,9H,3,7H2,1-2H3,(H,13,14)(H,15,16). The van der Waals surface area contributed by atoms with E-state index in [-0.39, 0.29) is 12.5 Å². The molecule has 0 fully saturated rings. The molecule has 6 nitrogen and oxygen atoms in total. The lowest BCUT2D eigenvalue weighted by atomic mass is 10.1. The highest BCUT2D eigenvalue weighted by molar-refractivity contribution is 5.90. The lowest BCUT2D eigenvalue weighted by molar-refractivity contribution is -0.137. The molecule has 0 amide bonds. The zero-order valence-electron chi connectivity index (χ0n) is 10.3. The van der Waals surface area contributed by atoms with Crippen molar-refractivity contribution in [1.29, 1.82) is 0 Å². The molecule has 0 saturated heterocycles. The first-order valence-electron chi connectivity index (χ1n) is 5.59. The van der Waals surface area contributed by atoms with Crippen molar-refractivity contribution in [2.24, 2.45) is 0 Å². The van der Waals surface area contributed by atoms with Gasteiger partial charge in [-0.3, -0.25) is 4.79 Å². The van der Waals surface area contributed by atoms with Gasteiger partial charge in [-0.25, -0.2) is 9.78 Å². The number of carbonyl (C=O) groups is 2. The van der Waals surface area contributed by atoms with Gasteiger partial charge in [0, 0.05) is 12.2 Å². The first-order valence-corrected chi connectivity index (χ1v) is 5.59. The Morgan fingerprint density at radius 2 is 2.28 bits per heavy atom. The molecule has 0 aromatic carbocycles. The monoisotopic (exact) mass is 252 g/mol. The Balaban J connectivity index is 2.77. The summed E-state index contributed by atoms with van der Waals surface area (Å²) in [6.07, 6.45) is 2.12. The molecule has 1 heterocycles. The van der Waals surface area contributed by atoms with Crippen molar-refractivity contribution in [2.75, 3.05) is 12.4 Å². The van der Waals surface area contributed by atoms with E-state index in [0.717, 1.165) is 0 Å². The van der Waals surface area contributed by atoms with E-state index < -0.39 is 11.9 Å². The molecule has 6 heteroatoms. The Labute approximate surface area is 105 Å². The van der Waals surface area contributed by atoms with E-state index in [2.05, 4.69) is 15.0 Å². The van der Waals surface area contributed by atoms with Gasteiger partial charge in [0.05, 0.1) is 19.1 Å². The fourth-order valence-electron chi connectivity index (χ4n) is 1.47. The number of hydrogen-bond acceptors (Lipinski definition) is 5. The maximum Gasteiger partial charge on any atom is 0.338 e. The van der Waals surface area contributed by atoms with Crippen LogP contribution >= 0.6 is 0 Å². The lowest BCUT2D eigenvalue weighted by Gasteiger charge is -2.15. The zero-order chi connectivity index (χ0) is 13.5. The highest BCUT2D eigenvalue weighted by Crippen LogP contribution is 2.12. The summed E-state index contributed by atoms with van der Waals surface area (Å²) in [5.74, 6) is -0.865. The highest BCUT2D eigenvalue weighted by Gasteiger charge is 2.12. The van der Waals surface area contributed by atoms with E-state index in [1.165, 1.54) is 25.4 Å². The summed E-state index contributed by atoms with van der Waals surface area (Å²) >= 11 is 0. The maximum absolute atomic E-state index is 11.3. The van der Waals surface area contributed by atoms with Crippen LogP contribution in [0.5, 0.6) is 0 Å². The second-order valence-corrected chi connectivity index (χ2v) is 3.77. The normalized spacial score (nSPS) is 11.7. The molecule has 0 aliphatic rings. The number of hydrogen-bond donors (Lipinski definition) is 2. The molecule has 1 rings (SSSR count). The average molecular weight is 252 g/mol. The zero-order valence-corrected chi connectivity index (χ0v) is 10.3. The molecule has 1 atom stereocenters. The van der Waals surface area contributed by atoms with E-state index >= 15 is 0 Å². The molecule has 0 bridgehead atoms. The van der Waals surface area contributed by atoms with Crippen LogP contribution in [-0.2, 0) is 9.53 Å². The van der Waals surface area contributed by atoms with Crippen molar-refractivity contribution >= 4 is 17.8 Å². The average Bonchev–Trinajstić information content (AvgIpc) is 2.36. The van der Waals surface area contributed by atoms with Crippen LogP contribution in [0.2, 0.25) is 0 Å². The maximum atomic E-state index is 11.3. The third-order valence-corrected chi connectivity index (χ3v) is 2.45. The fourth-order valence-corrected chi connectivity index (χ4v) is 1.47. The van der Waals surface area contributed by atoms with Crippen LogP contribution in [-0.4, -0.2) is 35.2 Å². The van der Waals surface area contributed by atoms with Crippen molar-refractivity contribution < 1.29 is 19.4 Å². The molecule has 18 heavy (non-hydrogen) atoms. The van der Waals surface area contributed by atoms with Crippen LogP contribution in [0.25, 0.3) is 0 Å². The number of carboxylic acids is 1. The second kappa shape index (κ2) is 6.58. The van der Waals surface area contributed by atoms with Crippen molar-refractivity contribution in [3.63, 3.8) is 0 Å². The van der Waals surface area contributed by atoms with Crippen LogP contribution in [0.4, 0.5) is 5.82 Å². The first kappa shape index (κ1) is 14.0. The predicted molar refractivity (Wildman–Crippen MR) is 65.5 cm³/mol. The number of esters is 1. The minimum atomic E-state index is -0.876. The van der Waals surface area contributed by atoms with Gasteiger partial charge in [0.15, 0.2) is 0 Å². The first-order chi connectivity index (χ1) is 8.56. The van der Waals surface area contributed by atoms with Crippen molar-refractivity contribution in [1.82, 2.24) is 4.98 Å². The van der Waals surface area contributed by atoms with Gasteiger partial charge in [0.1, 0.15) is 5.82 Å². The summed E-state index contributed by atoms with van der Waals surface area (Å²) < 4.78 is 4.60. The minimum absolute atomic E-state index is 0.000627. The summed E-state index contributed by atoms with van der Waals surface area (Å²) in [4.78, 5) is 26.0. The number of carbonyl (C=O) groups excluding carboxylic acids is 1. The van der Waals surface area contributed by atoms with Crippen molar-refractivity contribution in [3.05, 3.63) is 23.9 Å². The van der Waals surface area contributed by atoms with E-state index in [1.807, 2.05) is 6.92 Å². The quantitative estimate of drug-likeness (QED) is 0.746. The number of nitrogens with one attached hydrogen (secondary N) is 1. The molecular weight excluding hydrogens is 236 g/mol. The summed E-state index contributed by atoms with van der Waals surface area (Å²) in [5, 5.41) is 11.7. The van der Waals surface area contributed by atoms with E-state index in [0.29, 0.717) is 17.8 Å². The molecule has 0 radical (unpaired) electrons. The number of aromatic nitrogens is 1. The van der Waals surface area contributed by atoms with Gasteiger partial charge in [-0.1, -0.05) is 6.92 Å². The number of ether oxygens (including phenoxy) is 1. The summed E-state index contributed by atoms with van der Waals surface area (Å²) in [5.41, 5.74) is 0.375. The topological polar surface area (TPSA) is 88.5 Å². The molecule has 98 valence electrons. The smallest absolute Gasteiger partial charge is 0.338 e. The van der Waals surface area contributed by atoms with E-state index in [4.69, 9.17) is 5.11 Å². The number of anilines is 1. The molecule has 0 spiro atoms. The molecule has 0 aliphatic carbocycles. The third-order valence-electron chi connectivity index (χ3n) is 2.45. The molecule has 0 aliphatic heterocycles. The Morgan fingerprint density at radius 1 is 1.56 bits per heavy atom. The van der Waals surface area contributed by atoms with Crippen LogP contribution < -0.4 is 5.32 Å². The fraction of sp³-hybridized carbons (Fsp3) is 0.417. The van der Waals surface area contributed by atoms with Crippen LogP contribution in [0.15, 0.2) is 18.3 Å². The number of nitrogens with zero attached hydrogens (tertiary/aromatic N) is 1. The largest absolute Gasteiger partial charge is 0.481 e.